The zero-order valence-corrected chi connectivity index (χ0v) is 24.4. The fraction of sp³-hybridized carbons (Fsp3) is 0.216. The van der Waals surface area contributed by atoms with Crippen LogP contribution in [0.1, 0.15) is 57.0 Å². The summed E-state index contributed by atoms with van der Waals surface area (Å²) in [5.74, 6) is -0.320. The van der Waals surface area contributed by atoms with Crippen molar-refractivity contribution in [3.8, 4) is 0 Å². The van der Waals surface area contributed by atoms with Crippen LogP contribution < -0.4 is 15.8 Å². The van der Waals surface area contributed by atoms with Crippen molar-refractivity contribution in [1.29, 1.82) is 0 Å². The third kappa shape index (κ3) is 7.51. The fourth-order valence-electron chi connectivity index (χ4n) is 4.75. The number of aryl methyl sites for hydroxylation is 1. The summed E-state index contributed by atoms with van der Waals surface area (Å²) >= 11 is 0. The van der Waals surface area contributed by atoms with Gasteiger partial charge in [0.2, 0.25) is 0 Å². The predicted molar refractivity (Wildman–Crippen MR) is 171 cm³/mol. The minimum Gasteiger partial charge on any atom is -0.459 e. The van der Waals surface area contributed by atoms with Crippen molar-refractivity contribution in [2.75, 3.05) is 0 Å². The Hall–Kier alpha value is -4.66. The molecule has 0 fully saturated rings. The Morgan fingerprint density at radius 1 is 1.17 bits per heavy atom. The lowest BCUT2D eigenvalue weighted by molar-refractivity contribution is -0.144. The number of hydrogen-bond acceptors (Lipinski definition) is 4. The molecule has 0 amide bonds. The van der Waals surface area contributed by atoms with Gasteiger partial charge >= 0.3 is 5.97 Å². The van der Waals surface area contributed by atoms with Gasteiger partial charge in [-0.1, -0.05) is 63.3 Å². The summed E-state index contributed by atoms with van der Waals surface area (Å²) < 4.78 is 5.79. The first kappa shape index (κ1) is 29.3. The molecule has 0 saturated heterocycles. The molecule has 1 aromatic carbocycles. The Bertz CT molecular complexity index is 1670. The van der Waals surface area contributed by atoms with E-state index >= 15 is 0 Å². The van der Waals surface area contributed by atoms with Gasteiger partial charge < -0.3 is 10.1 Å². The van der Waals surface area contributed by atoms with Gasteiger partial charge in [0.15, 0.2) is 0 Å². The minimum absolute atomic E-state index is 0.0809. The quantitative estimate of drug-likeness (QED) is 0.281. The molecule has 0 unspecified atom stereocenters. The highest BCUT2D eigenvalue weighted by Gasteiger charge is 2.16. The van der Waals surface area contributed by atoms with Crippen molar-refractivity contribution in [2.45, 2.75) is 53.1 Å². The maximum absolute atomic E-state index is 13.0. The van der Waals surface area contributed by atoms with Gasteiger partial charge in [0, 0.05) is 17.5 Å². The molecule has 0 bridgehead atoms. The van der Waals surface area contributed by atoms with Gasteiger partial charge in [-0.25, -0.2) is 4.79 Å². The van der Waals surface area contributed by atoms with E-state index in [0.29, 0.717) is 5.57 Å². The molecule has 0 radical (unpaired) electrons. The van der Waals surface area contributed by atoms with Crippen LogP contribution >= 0.6 is 0 Å². The largest absolute Gasteiger partial charge is 0.459 e. The number of allylic oxidation sites excluding steroid dienone is 9. The summed E-state index contributed by atoms with van der Waals surface area (Å²) in [5, 5.41) is 5.31. The number of carbonyl (C=O) groups excluding carboxylic acids is 1. The fourth-order valence-corrected chi connectivity index (χ4v) is 4.75. The van der Waals surface area contributed by atoms with E-state index in [9.17, 15) is 4.79 Å². The lowest BCUT2D eigenvalue weighted by Gasteiger charge is -2.15. The van der Waals surface area contributed by atoms with Crippen LogP contribution in [-0.2, 0) is 9.53 Å². The average molecular weight is 543 g/mol. The second-order valence-corrected chi connectivity index (χ2v) is 10.0. The number of nitrogens with one attached hydrogen (secondary N) is 1. The highest BCUT2D eigenvalue weighted by Crippen LogP contribution is 2.26. The van der Waals surface area contributed by atoms with E-state index in [1.54, 1.807) is 6.08 Å². The van der Waals surface area contributed by atoms with Gasteiger partial charge in [-0.05, 0) is 108 Å². The summed E-state index contributed by atoms with van der Waals surface area (Å²) in [6.07, 6.45) is 22.1. The first-order chi connectivity index (χ1) is 19.9. The normalized spacial score (nSPS) is 16.1. The van der Waals surface area contributed by atoms with Gasteiger partial charge in [-0.3, -0.25) is 4.98 Å². The van der Waals surface area contributed by atoms with Crippen LogP contribution in [0.25, 0.3) is 23.9 Å². The molecule has 1 N–H and O–H groups in total. The van der Waals surface area contributed by atoms with Gasteiger partial charge in [0.05, 0.1) is 17.0 Å². The standard InChI is InChI=1S/C37H38N2O2/c1-6-14-33(8-3)41-37(40)31-17-10-9-16-29(24-31)28(7-2)23-32-25-30(21-20-26(32)4)34-18-11-12-22-38-36(34)35-19-13-15-27(5)39-35/h7,9,11-13,15-25,33,38H,4,6,8,14H2,1-3,5H3/b28-7+,32-23-/t33-/m0/s1. The van der Waals surface area contributed by atoms with E-state index in [1.165, 1.54) is 0 Å². The number of hydrogen-bond donors (Lipinski definition) is 1. The van der Waals surface area contributed by atoms with Crippen LogP contribution in [0.2, 0.25) is 0 Å². The second-order valence-electron chi connectivity index (χ2n) is 10.0. The van der Waals surface area contributed by atoms with Crippen molar-refractivity contribution in [2.24, 2.45) is 0 Å². The molecule has 4 nitrogen and oxygen atoms in total. The lowest BCUT2D eigenvalue weighted by atomic mass is 9.97. The Morgan fingerprint density at radius 3 is 2.78 bits per heavy atom. The van der Waals surface area contributed by atoms with E-state index in [-0.39, 0.29) is 12.1 Å². The summed E-state index contributed by atoms with van der Waals surface area (Å²) in [7, 11) is 0. The molecule has 1 aliphatic carbocycles. The number of aromatic nitrogens is 1. The van der Waals surface area contributed by atoms with Crippen molar-refractivity contribution < 1.29 is 9.53 Å². The number of rotatable bonds is 9. The van der Waals surface area contributed by atoms with E-state index in [4.69, 9.17) is 9.72 Å². The molecule has 41 heavy (non-hydrogen) atoms. The SMILES string of the molecule is C=c1ccc(C2=C(c3cccc(C)n3)NC=CC=C2)c/c1=C/C(=C\C)C1=CC=C=CC(C(=O)O[C@@H](CC)CCC)=C1. The molecule has 4 rings (SSSR count). The van der Waals surface area contributed by atoms with Crippen LogP contribution in [0.4, 0.5) is 0 Å². The van der Waals surface area contributed by atoms with E-state index < -0.39 is 0 Å². The second kappa shape index (κ2) is 14.1. The third-order valence-corrected chi connectivity index (χ3v) is 7.01. The van der Waals surface area contributed by atoms with Gasteiger partial charge in [0.25, 0.3) is 0 Å². The molecule has 1 atom stereocenters. The van der Waals surface area contributed by atoms with E-state index in [1.807, 2.05) is 87.7 Å². The summed E-state index contributed by atoms with van der Waals surface area (Å²) in [6, 6.07) is 12.3. The maximum atomic E-state index is 13.0. The van der Waals surface area contributed by atoms with Crippen molar-refractivity contribution in [3.05, 3.63) is 141 Å². The Morgan fingerprint density at radius 2 is 2.02 bits per heavy atom. The molecule has 1 aliphatic heterocycles. The first-order valence-electron chi connectivity index (χ1n) is 14.2. The highest BCUT2D eigenvalue weighted by molar-refractivity contribution is 5.95. The van der Waals surface area contributed by atoms with Gasteiger partial charge in [0.1, 0.15) is 6.10 Å². The highest BCUT2D eigenvalue weighted by atomic mass is 16.5. The molecular formula is C37H38N2O2. The Kier molecular flexibility index (Phi) is 10.1. The summed E-state index contributed by atoms with van der Waals surface area (Å²) in [4.78, 5) is 17.8. The van der Waals surface area contributed by atoms with Gasteiger partial charge in [-0.15, -0.1) is 5.73 Å². The zero-order valence-electron chi connectivity index (χ0n) is 24.4. The summed E-state index contributed by atoms with van der Waals surface area (Å²) in [5.41, 5.74) is 10.3. The Balaban J connectivity index is 1.74. The molecule has 2 aliphatic rings. The number of pyridine rings is 1. The third-order valence-electron chi connectivity index (χ3n) is 7.01. The minimum atomic E-state index is -0.320. The molecule has 2 heterocycles. The van der Waals surface area contributed by atoms with Crippen LogP contribution in [0, 0.1) is 6.92 Å². The van der Waals surface area contributed by atoms with Crippen LogP contribution in [0.15, 0.2) is 114 Å². The summed E-state index contributed by atoms with van der Waals surface area (Å²) in [6.45, 7) is 12.4. The number of benzene rings is 1. The molecule has 208 valence electrons. The van der Waals surface area contributed by atoms with E-state index in [2.05, 4.69) is 48.8 Å². The van der Waals surface area contributed by atoms with Crippen LogP contribution in [0.5, 0.6) is 0 Å². The van der Waals surface area contributed by atoms with E-state index in [0.717, 1.165) is 69.1 Å². The monoisotopic (exact) mass is 542 g/mol. The predicted octanol–water partition coefficient (Wildman–Crippen LogP) is 6.77. The number of ether oxygens (including phenoxy) is 1. The van der Waals surface area contributed by atoms with Crippen molar-refractivity contribution >= 4 is 29.9 Å². The first-order valence-corrected chi connectivity index (χ1v) is 14.2. The van der Waals surface area contributed by atoms with Crippen LogP contribution in [-0.4, -0.2) is 17.1 Å². The molecule has 0 spiro atoms. The topological polar surface area (TPSA) is 51.2 Å². The Labute approximate surface area is 243 Å². The van der Waals surface area contributed by atoms with Crippen molar-refractivity contribution in [3.63, 3.8) is 0 Å². The number of carbonyl (C=O) groups is 1. The van der Waals surface area contributed by atoms with Crippen LogP contribution in [0.3, 0.4) is 0 Å². The zero-order chi connectivity index (χ0) is 29.2. The molecule has 0 saturated carbocycles. The number of nitrogens with zero attached hydrogens (tertiary/aromatic N) is 1. The van der Waals surface area contributed by atoms with Crippen molar-refractivity contribution in [1.82, 2.24) is 10.3 Å². The average Bonchev–Trinajstić information content (AvgIpc) is 3.38. The molecule has 2 aromatic rings. The molecule has 4 heteroatoms. The molecular weight excluding hydrogens is 504 g/mol. The van der Waals surface area contributed by atoms with Gasteiger partial charge in [-0.2, -0.15) is 0 Å². The molecule has 1 aromatic heterocycles. The number of esters is 1. The maximum Gasteiger partial charge on any atom is 0.339 e. The lowest BCUT2D eigenvalue weighted by Crippen LogP contribution is -2.23. The smallest absolute Gasteiger partial charge is 0.339 e.